The molecule has 0 atom stereocenters. The number of sulfonamides is 1. The van der Waals surface area contributed by atoms with E-state index < -0.39 is 10.0 Å². The fourth-order valence-corrected chi connectivity index (χ4v) is 4.97. The Morgan fingerprint density at radius 1 is 1.07 bits per heavy atom. The van der Waals surface area contributed by atoms with Crippen molar-refractivity contribution in [2.45, 2.75) is 17.7 Å². The van der Waals surface area contributed by atoms with Crippen LogP contribution in [0.25, 0.3) is 16.3 Å². The maximum atomic E-state index is 13.0. The second-order valence-corrected chi connectivity index (χ2v) is 9.68. The van der Waals surface area contributed by atoms with Gasteiger partial charge in [-0.3, -0.25) is 4.72 Å². The molecule has 0 aliphatic heterocycles. The molecule has 4 rings (SSSR count). The SMILES string of the molecule is CN(C)CCC1=CCc2ccc(NS(=O)(=O)c3ccc4c(Cl)cccc4c3)cc21. The summed E-state index contributed by atoms with van der Waals surface area (Å²) in [7, 11) is 0.408. The normalized spacial score (nSPS) is 13.6. The molecular formula is C23H23ClN2O2S. The average molecular weight is 427 g/mol. The average Bonchev–Trinajstić information content (AvgIpc) is 3.08. The maximum Gasteiger partial charge on any atom is 0.261 e. The van der Waals surface area contributed by atoms with Gasteiger partial charge in [-0.2, -0.15) is 0 Å². The third-order valence-electron chi connectivity index (χ3n) is 5.21. The lowest BCUT2D eigenvalue weighted by Crippen LogP contribution is -2.14. The third kappa shape index (κ3) is 4.17. The first kappa shape index (κ1) is 20.0. The lowest BCUT2D eigenvalue weighted by molar-refractivity contribution is 0.419. The summed E-state index contributed by atoms with van der Waals surface area (Å²) in [5.74, 6) is 0. The molecule has 0 aromatic heterocycles. The molecule has 1 aliphatic carbocycles. The monoisotopic (exact) mass is 426 g/mol. The topological polar surface area (TPSA) is 49.4 Å². The second kappa shape index (κ2) is 7.82. The minimum absolute atomic E-state index is 0.219. The summed E-state index contributed by atoms with van der Waals surface area (Å²) in [4.78, 5) is 2.37. The van der Waals surface area contributed by atoms with E-state index in [0.29, 0.717) is 10.7 Å². The van der Waals surface area contributed by atoms with Gasteiger partial charge < -0.3 is 4.90 Å². The van der Waals surface area contributed by atoms with Crippen molar-refractivity contribution in [2.75, 3.05) is 25.4 Å². The lowest BCUT2D eigenvalue weighted by atomic mass is 10.0. The van der Waals surface area contributed by atoms with Crippen LogP contribution in [0.15, 0.2) is 65.6 Å². The summed E-state index contributed by atoms with van der Waals surface area (Å²) in [6.45, 7) is 0.959. The maximum absolute atomic E-state index is 13.0. The minimum Gasteiger partial charge on any atom is -0.309 e. The van der Waals surface area contributed by atoms with Gasteiger partial charge in [-0.25, -0.2) is 8.42 Å². The zero-order valence-electron chi connectivity index (χ0n) is 16.4. The van der Waals surface area contributed by atoms with Gasteiger partial charge in [-0.15, -0.1) is 0 Å². The summed E-state index contributed by atoms with van der Waals surface area (Å²) >= 11 is 6.19. The highest BCUT2D eigenvalue weighted by atomic mass is 35.5. The number of rotatable bonds is 6. The number of nitrogens with zero attached hydrogens (tertiary/aromatic N) is 1. The van der Waals surface area contributed by atoms with Crippen LogP contribution in [0.3, 0.4) is 0 Å². The summed E-state index contributed by atoms with van der Waals surface area (Å²) in [6.07, 6.45) is 4.08. The molecule has 150 valence electrons. The number of anilines is 1. The molecule has 0 bridgehead atoms. The number of allylic oxidation sites excluding steroid dienone is 1. The summed E-state index contributed by atoms with van der Waals surface area (Å²) in [6, 6.07) is 16.2. The van der Waals surface area contributed by atoms with Crippen molar-refractivity contribution < 1.29 is 8.42 Å². The van der Waals surface area contributed by atoms with Gasteiger partial charge >= 0.3 is 0 Å². The Labute approximate surface area is 176 Å². The fourth-order valence-electron chi connectivity index (χ4n) is 3.64. The third-order valence-corrected chi connectivity index (χ3v) is 6.92. The van der Waals surface area contributed by atoms with Crippen LogP contribution in [0.4, 0.5) is 5.69 Å². The highest BCUT2D eigenvalue weighted by Gasteiger charge is 2.19. The molecular weight excluding hydrogens is 404 g/mol. The van der Waals surface area contributed by atoms with E-state index in [2.05, 4.69) is 29.8 Å². The predicted molar refractivity (Wildman–Crippen MR) is 121 cm³/mol. The van der Waals surface area contributed by atoms with Crippen molar-refractivity contribution in [3.05, 3.63) is 76.8 Å². The Kier molecular flexibility index (Phi) is 5.38. The first-order valence-corrected chi connectivity index (χ1v) is 11.4. The molecule has 0 saturated carbocycles. The molecule has 1 aliphatic rings. The largest absolute Gasteiger partial charge is 0.309 e. The van der Waals surface area contributed by atoms with Crippen molar-refractivity contribution in [1.82, 2.24) is 4.90 Å². The Balaban J connectivity index is 1.61. The molecule has 1 N–H and O–H groups in total. The lowest BCUT2D eigenvalue weighted by Gasteiger charge is -2.14. The van der Waals surface area contributed by atoms with Crippen LogP contribution >= 0.6 is 11.6 Å². The molecule has 0 amide bonds. The number of halogens is 1. The Bertz CT molecular complexity index is 1220. The van der Waals surface area contributed by atoms with Crippen molar-refractivity contribution in [1.29, 1.82) is 0 Å². The van der Waals surface area contributed by atoms with Crippen LogP contribution in [-0.2, 0) is 16.4 Å². The molecule has 0 fully saturated rings. The summed E-state index contributed by atoms with van der Waals surface area (Å²) in [5.41, 5.74) is 4.22. The molecule has 0 spiro atoms. The zero-order chi connectivity index (χ0) is 20.6. The molecule has 3 aromatic carbocycles. The quantitative estimate of drug-likeness (QED) is 0.590. The van der Waals surface area contributed by atoms with Gasteiger partial charge in [0.25, 0.3) is 10.0 Å². The highest BCUT2D eigenvalue weighted by molar-refractivity contribution is 7.92. The number of nitrogens with one attached hydrogen (secondary N) is 1. The van der Waals surface area contributed by atoms with E-state index in [9.17, 15) is 8.42 Å². The van der Waals surface area contributed by atoms with Crippen LogP contribution in [0, 0.1) is 0 Å². The van der Waals surface area contributed by atoms with E-state index in [4.69, 9.17) is 11.6 Å². The first-order valence-electron chi connectivity index (χ1n) is 9.52. The van der Waals surface area contributed by atoms with Gasteiger partial charge in [0.15, 0.2) is 0 Å². The second-order valence-electron chi connectivity index (χ2n) is 7.59. The molecule has 0 heterocycles. The van der Waals surface area contributed by atoms with E-state index >= 15 is 0 Å². The molecule has 0 unspecified atom stereocenters. The van der Waals surface area contributed by atoms with Gasteiger partial charge in [-0.05, 0) is 79.4 Å². The Hall–Kier alpha value is -2.34. The Morgan fingerprint density at radius 3 is 2.69 bits per heavy atom. The Morgan fingerprint density at radius 2 is 1.90 bits per heavy atom. The molecule has 0 radical (unpaired) electrons. The number of hydrogen-bond acceptors (Lipinski definition) is 3. The van der Waals surface area contributed by atoms with Crippen LogP contribution < -0.4 is 4.72 Å². The van der Waals surface area contributed by atoms with Crippen LogP contribution in [-0.4, -0.2) is 34.0 Å². The van der Waals surface area contributed by atoms with E-state index in [1.165, 1.54) is 11.1 Å². The number of benzene rings is 3. The first-order chi connectivity index (χ1) is 13.8. The molecule has 29 heavy (non-hydrogen) atoms. The van der Waals surface area contributed by atoms with E-state index in [1.54, 1.807) is 24.3 Å². The summed E-state index contributed by atoms with van der Waals surface area (Å²) < 4.78 is 28.7. The molecule has 6 heteroatoms. The van der Waals surface area contributed by atoms with Gasteiger partial charge in [0.2, 0.25) is 0 Å². The minimum atomic E-state index is -3.70. The van der Waals surface area contributed by atoms with E-state index in [-0.39, 0.29) is 4.90 Å². The van der Waals surface area contributed by atoms with Crippen LogP contribution in [0.1, 0.15) is 17.5 Å². The van der Waals surface area contributed by atoms with Crippen molar-refractivity contribution in [2.24, 2.45) is 0 Å². The highest BCUT2D eigenvalue weighted by Crippen LogP contribution is 2.33. The smallest absolute Gasteiger partial charge is 0.261 e. The van der Waals surface area contributed by atoms with Gasteiger partial charge in [0, 0.05) is 22.6 Å². The van der Waals surface area contributed by atoms with Crippen molar-refractivity contribution in [3.8, 4) is 0 Å². The number of hydrogen-bond donors (Lipinski definition) is 1. The van der Waals surface area contributed by atoms with Gasteiger partial charge in [0.1, 0.15) is 0 Å². The predicted octanol–water partition coefficient (Wildman–Crippen LogP) is 5.19. The zero-order valence-corrected chi connectivity index (χ0v) is 18.0. The summed E-state index contributed by atoms with van der Waals surface area (Å²) in [5, 5.41) is 2.24. The standard InChI is InChI=1S/C23H23ClN2O2S/c1-26(2)13-12-17-7-6-16-8-9-19(15-22(16)17)25-29(27,28)20-10-11-21-18(14-20)4-3-5-23(21)24/h3-5,7-11,14-15,25H,6,12-13H2,1-2H3. The van der Waals surface area contributed by atoms with Gasteiger partial charge in [0.05, 0.1) is 4.90 Å². The molecule has 0 saturated heterocycles. The van der Waals surface area contributed by atoms with E-state index in [0.717, 1.165) is 35.7 Å². The molecule has 3 aromatic rings. The van der Waals surface area contributed by atoms with Crippen molar-refractivity contribution in [3.63, 3.8) is 0 Å². The number of fused-ring (bicyclic) bond motifs is 2. The molecule has 4 nitrogen and oxygen atoms in total. The van der Waals surface area contributed by atoms with E-state index in [1.807, 2.05) is 30.3 Å². The fraction of sp³-hybridized carbons (Fsp3) is 0.217. The van der Waals surface area contributed by atoms with Crippen LogP contribution in [0.5, 0.6) is 0 Å². The van der Waals surface area contributed by atoms with Crippen molar-refractivity contribution >= 4 is 43.7 Å². The van der Waals surface area contributed by atoms with Gasteiger partial charge in [-0.1, -0.05) is 41.9 Å². The van der Waals surface area contributed by atoms with Crippen LogP contribution in [0.2, 0.25) is 5.02 Å².